The number of halogens is 5. The second kappa shape index (κ2) is 8.84. The third kappa shape index (κ3) is 6.17. The van der Waals surface area contributed by atoms with Crippen LogP contribution in [0.15, 0.2) is 47.5 Å². The fraction of sp³-hybridized carbons (Fsp3) is 0.250. The van der Waals surface area contributed by atoms with Gasteiger partial charge in [-0.3, -0.25) is 4.79 Å². The average molecular weight is 391 g/mol. The largest absolute Gasteiger partial charge is 0.417 e. The molecule has 26 heavy (non-hydrogen) atoms. The Labute approximate surface area is 150 Å². The molecule has 2 aromatic rings. The van der Waals surface area contributed by atoms with Crippen molar-refractivity contribution in [2.75, 3.05) is 18.4 Å². The molecule has 0 aliphatic carbocycles. The molecule has 10 heteroatoms. The van der Waals surface area contributed by atoms with Gasteiger partial charge in [0, 0.05) is 29.7 Å². The van der Waals surface area contributed by atoms with E-state index in [-0.39, 0.29) is 24.8 Å². The molecule has 4 nitrogen and oxygen atoms in total. The van der Waals surface area contributed by atoms with Gasteiger partial charge < -0.3 is 10.6 Å². The van der Waals surface area contributed by atoms with Gasteiger partial charge in [0.2, 0.25) is 0 Å². The number of carbonyl (C=O) groups excluding carboxylic acids is 1. The van der Waals surface area contributed by atoms with Crippen molar-refractivity contribution in [1.29, 1.82) is 0 Å². The van der Waals surface area contributed by atoms with Gasteiger partial charge >= 0.3 is 6.18 Å². The van der Waals surface area contributed by atoms with E-state index < -0.39 is 17.5 Å². The Morgan fingerprint density at radius 3 is 2.31 bits per heavy atom. The smallest absolute Gasteiger partial charge is 0.368 e. The van der Waals surface area contributed by atoms with Gasteiger partial charge in [-0.15, -0.1) is 0 Å². The van der Waals surface area contributed by atoms with Crippen molar-refractivity contribution in [2.45, 2.75) is 16.8 Å². The number of carbonyl (C=O) groups is 1. The summed E-state index contributed by atoms with van der Waals surface area (Å²) < 4.78 is 61.7. The predicted octanol–water partition coefficient (Wildman–Crippen LogP) is 4.26. The van der Waals surface area contributed by atoms with E-state index in [0.717, 1.165) is 12.3 Å². The summed E-state index contributed by atoms with van der Waals surface area (Å²) in [6.45, 7) is 0.457. The first kappa shape index (κ1) is 20.0. The zero-order valence-electron chi connectivity index (χ0n) is 13.2. The molecule has 0 fully saturated rings. The Balaban J connectivity index is 1.76. The molecule has 0 atom stereocenters. The summed E-state index contributed by atoms with van der Waals surface area (Å²) in [6, 6.07) is 7.83. The minimum absolute atomic E-state index is 0.203. The quantitative estimate of drug-likeness (QED) is 0.421. The Bertz CT molecular complexity index is 720. The van der Waals surface area contributed by atoms with Gasteiger partial charge in [0.1, 0.15) is 5.82 Å². The number of rotatable bonds is 7. The monoisotopic (exact) mass is 391 g/mol. The van der Waals surface area contributed by atoms with E-state index in [1.165, 1.54) is 30.3 Å². The molecule has 0 saturated carbocycles. The fourth-order valence-electron chi connectivity index (χ4n) is 1.92. The van der Waals surface area contributed by atoms with Gasteiger partial charge in [-0.2, -0.15) is 22.0 Å². The highest BCUT2D eigenvalue weighted by Gasteiger charge is 2.30. The maximum absolute atomic E-state index is 12.4. The Hall–Kier alpha value is -2.36. The van der Waals surface area contributed by atoms with Crippen molar-refractivity contribution in [3.8, 4) is 0 Å². The lowest BCUT2D eigenvalue weighted by molar-refractivity contribution is -0.137. The molecule has 1 heterocycles. The number of anilines is 1. The number of hydrogen-bond donors (Lipinski definition) is 2. The Morgan fingerprint density at radius 1 is 1.08 bits per heavy atom. The van der Waals surface area contributed by atoms with Crippen molar-refractivity contribution < 1.29 is 26.7 Å². The second-order valence-electron chi connectivity index (χ2n) is 5.02. The summed E-state index contributed by atoms with van der Waals surface area (Å²) in [5, 5.41) is 5.38. The van der Waals surface area contributed by atoms with Crippen LogP contribution in [-0.2, 0) is 6.18 Å². The molecule has 0 aliphatic heterocycles. The van der Waals surface area contributed by atoms with Crippen LogP contribution < -0.4 is 10.6 Å². The summed E-state index contributed by atoms with van der Waals surface area (Å²) >= 11 is 0.388. The standard InChI is InChI=1S/C16H14F5N3OS/c17-15(18)26-12-4-1-10(2-5-12)14(25)23-8-7-22-13-6-3-11(9-24-13)16(19,20)21/h1-6,9,15H,7-8H2,(H,22,24)(H,23,25). The molecule has 2 rings (SSSR count). The van der Waals surface area contributed by atoms with Gasteiger partial charge in [0.05, 0.1) is 5.56 Å². The third-order valence-electron chi connectivity index (χ3n) is 3.15. The highest BCUT2D eigenvalue weighted by molar-refractivity contribution is 7.99. The van der Waals surface area contributed by atoms with E-state index in [0.29, 0.717) is 22.2 Å². The van der Waals surface area contributed by atoms with Crippen LogP contribution in [-0.4, -0.2) is 29.7 Å². The lowest BCUT2D eigenvalue weighted by Gasteiger charge is -2.09. The lowest BCUT2D eigenvalue weighted by Crippen LogP contribution is -2.28. The minimum Gasteiger partial charge on any atom is -0.368 e. The molecular formula is C16H14F5N3OS. The van der Waals surface area contributed by atoms with Crippen molar-refractivity contribution in [2.24, 2.45) is 0 Å². The van der Waals surface area contributed by atoms with Crippen LogP contribution in [0.25, 0.3) is 0 Å². The van der Waals surface area contributed by atoms with Crippen molar-refractivity contribution in [3.63, 3.8) is 0 Å². The Kier molecular flexibility index (Phi) is 6.78. The average Bonchev–Trinajstić information content (AvgIpc) is 2.58. The van der Waals surface area contributed by atoms with E-state index in [2.05, 4.69) is 15.6 Å². The molecule has 1 aromatic carbocycles. The molecule has 0 bridgehead atoms. The minimum atomic E-state index is -4.44. The van der Waals surface area contributed by atoms with Crippen LogP contribution in [0.3, 0.4) is 0 Å². The summed E-state index contributed by atoms with van der Waals surface area (Å²) in [7, 11) is 0. The van der Waals surface area contributed by atoms with Crippen LogP contribution in [0.4, 0.5) is 27.8 Å². The van der Waals surface area contributed by atoms with E-state index >= 15 is 0 Å². The van der Waals surface area contributed by atoms with Crippen LogP contribution >= 0.6 is 11.8 Å². The van der Waals surface area contributed by atoms with Gasteiger partial charge in [-0.05, 0) is 36.4 Å². The Morgan fingerprint density at radius 2 is 1.77 bits per heavy atom. The number of pyridine rings is 1. The number of thioether (sulfide) groups is 1. The first-order valence-corrected chi connectivity index (χ1v) is 8.24. The van der Waals surface area contributed by atoms with Gasteiger partial charge in [-0.1, -0.05) is 11.8 Å². The van der Waals surface area contributed by atoms with E-state index in [9.17, 15) is 26.7 Å². The molecule has 0 unspecified atom stereocenters. The first-order chi connectivity index (χ1) is 12.3. The SMILES string of the molecule is O=C(NCCNc1ccc(C(F)(F)F)cn1)c1ccc(SC(F)F)cc1. The topological polar surface area (TPSA) is 54.0 Å². The van der Waals surface area contributed by atoms with Gasteiger partial charge in [0.15, 0.2) is 0 Å². The van der Waals surface area contributed by atoms with Crippen LogP contribution in [0.5, 0.6) is 0 Å². The summed E-state index contributed by atoms with van der Waals surface area (Å²) in [6.07, 6.45) is -3.72. The molecule has 1 amide bonds. The van der Waals surface area contributed by atoms with E-state index in [4.69, 9.17) is 0 Å². The van der Waals surface area contributed by atoms with Crippen molar-refractivity contribution >= 4 is 23.5 Å². The number of aromatic nitrogens is 1. The van der Waals surface area contributed by atoms with Crippen molar-refractivity contribution in [3.05, 3.63) is 53.7 Å². The van der Waals surface area contributed by atoms with Crippen LogP contribution in [0, 0.1) is 0 Å². The van der Waals surface area contributed by atoms with E-state index in [1.54, 1.807) is 0 Å². The highest BCUT2D eigenvalue weighted by atomic mass is 32.2. The van der Waals surface area contributed by atoms with E-state index in [1.807, 2.05) is 0 Å². The number of nitrogens with zero attached hydrogens (tertiary/aromatic N) is 1. The molecule has 1 aromatic heterocycles. The van der Waals surface area contributed by atoms with Gasteiger partial charge in [-0.25, -0.2) is 4.98 Å². The lowest BCUT2D eigenvalue weighted by atomic mass is 10.2. The number of alkyl halides is 5. The predicted molar refractivity (Wildman–Crippen MR) is 88.4 cm³/mol. The second-order valence-corrected chi connectivity index (χ2v) is 6.08. The number of amides is 1. The fourth-order valence-corrected chi connectivity index (χ4v) is 2.42. The van der Waals surface area contributed by atoms with Gasteiger partial charge in [0.25, 0.3) is 11.7 Å². The van der Waals surface area contributed by atoms with Crippen LogP contribution in [0.2, 0.25) is 0 Å². The summed E-state index contributed by atoms with van der Waals surface area (Å²) in [4.78, 5) is 15.9. The molecule has 0 spiro atoms. The summed E-state index contributed by atoms with van der Waals surface area (Å²) in [5.41, 5.74) is -0.527. The summed E-state index contributed by atoms with van der Waals surface area (Å²) in [5.74, 6) is -2.67. The molecule has 0 radical (unpaired) electrons. The molecular weight excluding hydrogens is 377 g/mol. The molecule has 140 valence electrons. The third-order valence-corrected chi connectivity index (χ3v) is 3.87. The van der Waals surface area contributed by atoms with Crippen molar-refractivity contribution in [1.82, 2.24) is 10.3 Å². The highest BCUT2D eigenvalue weighted by Crippen LogP contribution is 2.28. The normalized spacial score (nSPS) is 11.5. The maximum atomic E-state index is 12.4. The zero-order chi connectivity index (χ0) is 19.2. The first-order valence-electron chi connectivity index (χ1n) is 7.36. The van der Waals surface area contributed by atoms with Crippen LogP contribution in [0.1, 0.15) is 15.9 Å². The molecule has 2 N–H and O–H groups in total. The number of hydrogen-bond acceptors (Lipinski definition) is 4. The molecule has 0 saturated heterocycles. The maximum Gasteiger partial charge on any atom is 0.417 e. The number of benzene rings is 1. The zero-order valence-corrected chi connectivity index (χ0v) is 14.0. The number of nitrogens with one attached hydrogen (secondary N) is 2. The molecule has 0 aliphatic rings.